The van der Waals surface area contributed by atoms with Gasteiger partial charge in [-0.2, -0.15) is 8.78 Å². The van der Waals surface area contributed by atoms with Crippen molar-refractivity contribution in [2.24, 2.45) is 0 Å². The van der Waals surface area contributed by atoms with Crippen LogP contribution in [-0.2, 0) is 6.54 Å². The van der Waals surface area contributed by atoms with Crippen molar-refractivity contribution < 1.29 is 13.6 Å². The van der Waals surface area contributed by atoms with Gasteiger partial charge in [0.15, 0.2) is 0 Å². The summed E-state index contributed by atoms with van der Waals surface area (Å²) in [5, 5.41) is 2.68. The van der Waals surface area contributed by atoms with E-state index in [1.165, 1.54) is 12.1 Å². The second-order valence-corrected chi connectivity index (χ2v) is 5.21. The molecule has 1 aliphatic carbocycles. The summed E-state index contributed by atoms with van der Waals surface area (Å²) in [7, 11) is 0. The Morgan fingerprint density at radius 1 is 1.48 bits per heavy atom. The zero-order valence-corrected chi connectivity index (χ0v) is 11.6. The van der Waals surface area contributed by atoms with Gasteiger partial charge in [0.25, 0.3) is 5.91 Å². The van der Waals surface area contributed by atoms with Gasteiger partial charge >= 0.3 is 6.55 Å². The van der Waals surface area contributed by atoms with Crippen molar-refractivity contribution in [3.63, 3.8) is 0 Å². The second-order valence-electron chi connectivity index (χ2n) is 5.21. The number of aromatic nitrogens is 3. The van der Waals surface area contributed by atoms with Crippen LogP contribution in [0.25, 0.3) is 0 Å². The number of aryl methyl sites for hydroxylation is 1. The fourth-order valence-electron chi connectivity index (χ4n) is 2.41. The number of carbonyl (C=O) groups excluding carboxylic acids is 1. The van der Waals surface area contributed by atoms with Gasteiger partial charge in [0.05, 0.1) is 18.6 Å². The minimum atomic E-state index is -2.72. The molecule has 3 rings (SSSR count). The van der Waals surface area contributed by atoms with Crippen LogP contribution in [0.3, 0.4) is 0 Å². The number of carbonyl (C=O) groups is 1. The van der Waals surface area contributed by atoms with Gasteiger partial charge in [-0.1, -0.05) is 0 Å². The summed E-state index contributed by atoms with van der Waals surface area (Å²) < 4.78 is 28.6. The molecule has 2 heterocycles. The normalized spacial score (nSPS) is 14.7. The van der Waals surface area contributed by atoms with Crippen molar-refractivity contribution >= 4 is 5.91 Å². The van der Waals surface area contributed by atoms with Gasteiger partial charge < -0.3 is 9.88 Å². The molecule has 2 aromatic rings. The molecule has 0 spiro atoms. The third-order valence-corrected chi connectivity index (χ3v) is 3.67. The van der Waals surface area contributed by atoms with E-state index in [-0.39, 0.29) is 12.2 Å². The summed E-state index contributed by atoms with van der Waals surface area (Å²) in [4.78, 5) is 16.2. The monoisotopic (exact) mass is 294 g/mol. The van der Waals surface area contributed by atoms with Crippen molar-refractivity contribution in [1.82, 2.24) is 19.4 Å². The number of alkyl halides is 2. The fraction of sp³-hybridized carbons (Fsp3) is 0.429. The average molecular weight is 294 g/mol. The molecule has 1 saturated carbocycles. The van der Waals surface area contributed by atoms with Crippen LogP contribution in [0.5, 0.6) is 0 Å². The van der Waals surface area contributed by atoms with Gasteiger partial charge in [-0.25, -0.2) is 4.98 Å². The largest absolute Gasteiger partial charge is 0.345 e. The third kappa shape index (κ3) is 2.68. The van der Waals surface area contributed by atoms with E-state index in [9.17, 15) is 13.6 Å². The number of hydrogen-bond acceptors (Lipinski definition) is 2. The predicted octanol–water partition coefficient (Wildman–Crippen LogP) is 2.65. The van der Waals surface area contributed by atoms with Crippen molar-refractivity contribution in [1.29, 1.82) is 0 Å². The molecule has 21 heavy (non-hydrogen) atoms. The molecule has 0 unspecified atom stereocenters. The summed E-state index contributed by atoms with van der Waals surface area (Å²) in [5.41, 5.74) is 1.22. The number of halogens is 2. The highest BCUT2D eigenvalue weighted by Gasteiger charge is 2.25. The van der Waals surface area contributed by atoms with Crippen molar-refractivity contribution in [3.05, 3.63) is 41.7 Å². The predicted molar refractivity (Wildman–Crippen MR) is 72.1 cm³/mol. The molecular weight excluding hydrogens is 278 g/mol. The van der Waals surface area contributed by atoms with Crippen molar-refractivity contribution in [2.45, 2.75) is 38.9 Å². The smallest absolute Gasteiger partial charge is 0.319 e. The minimum Gasteiger partial charge on any atom is -0.345 e. The molecule has 1 aliphatic rings. The molecule has 0 radical (unpaired) electrons. The molecule has 0 aromatic carbocycles. The van der Waals surface area contributed by atoms with Crippen LogP contribution in [0.2, 0.25) is 0 Å². The Bertz CT molecular complexity index is 658. The Kier molecular flexibility index (Phi) is 3.48. The summed E-state index contributed by atoms with van der Waals surface area (Å²) in [5.74, 6) is -0.507. The molecule has 0 atom stereocenters. The van der Waals surface area contributed by atoms with Gasteiger partial charge in [-0.3, -0.25) is 9.36 Å². The highest BCUT2D eigenvalue weighted by atomic mass is 19.3. The first-order chi connectivity index (χ1) is 10.1. The zero-order chi connectivity index (χ0) is 15.0. The van der Waals surface area contributed by atoms with E-state index in [1.54, 1.807) is 19.4 Å². The highest BCUT2D eigenvalue weighted by Crippen LogP contribution is 2.35. The topological polar surface area (TPSA) is 51.9 Å². The minimum absolute atomic E-state index is 0.0278. The fourth-order valence-corrected chi connectivity index (χ4v) is 2.41. The van der Waals surface area contributed by atoms with Gasteiger partial charge in [0.2, 0.25) is 0 Å². The number of hydrogen-bond donors (Lipinski definition) is 1. The second kappa shape index (κ2) is 5.31. The Hall–Kier alpha value is -2.18. The average Bonchev–Trinajstić information content (AvgIpc) is 3.04. The van der Waals surface area contributed by atoms with Crippen molar-refractivity contribution in [2.75, 3.05) is 0 Å². The van der Waals surface area contributed by atoms with E-state index in [2.05, 4.69) is 10.3 Å². The maximum absolute atomic E-state index is 12.9. The summed E-state index contributed by atoms with van der Waals surface area (Å²) in [6, 6.07) is 3.39. The Morgan fingerprint density at radius 2 is 2.24 bits per heavy atom. The molecule has 5 nitrogen and oxygen atoms in total. The van der Waals surface area contributed by atoms with Crippen LogP contribution in [0.4, 0.5) is 8.78 Å². The first kappa shape index (κ1) is 13.8. The lowest BCUT2D eigenvalue weighted by molar-refractivity contribution is 0.0617. The first-order valence-corrected chi connectivity index (χ1v) is 6.83. The van der Waals surface area contributed by atoms with Crippen LogP contribution in [0.15, 0.2) is 24.7 Å². The Balaban J connectivity index is 1.70. The van der Waals surface area contributed by atoms with Crippen molar-refractivity contribution in [3.8, 4) is 0 Å². The number of nitrogens with one attached hydrogen (secondary N) is 1. The summed E-state index contributed by atoms with van der Waals surface area (Å²) in [6.45, 7) is -0.897. The van der Waals surface area contributed by atoms with E-state index < -0.39 is 12.5 Å². The molecule has 112 valence electrons. The van der Waals surface area contributed by atoms with E-state index in [0.29, 0.717) is 11.7 Å². The molecular formula is C14H16F2N4O. The van der Waals surface area contributed by atoms with Gasteiger partial charge in [-0.15, -0.1) is 0 Å². The van der Waals surface area contributed by atoms with Crippen LogP contribution in [-0.4, -0.2) is 20.0 Å². The maximum atomic E-state index is 12.9. The lowest BCUT2D eigenvalue weighted by Gasteiger charge is -2.11. The molecule has 0 aliphatic heterocycles. The first-order valence-electron chi connectivity index (χ1n) is 6.83. The van der Waals surface area contributed by atoms with Gasteiger partial charge in [-0.05, 0) is 31.9 Å². The SMILES string of the molecule is Cc1ccc(C(=O)NCc2cncn2C2CC2)n1C(F)F. The van der Waals surface area contributed by atoms with Crippen LogP contribution in [0.1, 0.15) is 47.3 Å². The lowest BCUT2D eigenvalue weighted by atomic mass is 10.3. The molecule has 2 aromatic heterocycles. The molecule has 1 amide bonds. The molecule has 1 fully saturated rings. The van der Waals surface area contributed by atoms with Crippen LogP contribution in [0, 0.1) is 6.92 Å². The van der Waals surface area contributed by atoms with Crippen LogP contribution >= 0.6 is 0 Å². The van der Waals surface area contributed by atoms with Gasteiger partial charge in [0.1, 0.15) is 5.69 Å². The molecule has 7 heteroatoms. The lowest BCUT2D eigenvalue weighted by Crippen LogP contribution is -2.27. The summed E-state index contributed by atoms with van der Waals surface area (Å²) >= 11 is 0. The zero-order valence-electron chi connectivity index (χ0n) is 11.6. The Morgan fingerprint density at radius 3 is 2.90 bits per heavy atom. The quantitative estimate of drug-likeness (QED) is 0.921. The van der Waals surface area contributed by atoms with E-state index in [0.717, 1.165) is 23.1 Å². The Labute approximate surface area is 120 Å². The highest BCUT2D eigenvalue weighted by molar-refractivity contribution is 5.92. The number of nitrogens with zero attached hydrogens (tertiary/aromatic N) is 3. The van der Waals surface area contributed by atoms with Crippen LogP contribution < -0.4 is 5.32 Å². The number of rotatable bonds is 5. The van der Waals surface area contributed by atoms with E-state index >= 15 is 0 Å². The third-order valence-electron chi connectivity index (χ3n) is 3.67. The standard InChI is InChI=1S/C14H16F2N4O/c1-9-2-5-12(20(9)14(15)16)13(21)18-7-11-6-17-8-19(11)10-3-4-10/h2,5-6,8,10,14H,3-4,7H2,1H3,(H,18,21). The summed E-state index contributed by atoms with van der Waals surface area (Å²) in [6.07, 6.45) is 5.66. The van der Waals surface area contributed by atoms with E-state index in [1.807, 2.05) is 4.57 Å². The molecule has 1 N–H and O–H groups in total. The molecule has 0 bridgehead atoms. The maximum Gasteiger partial charge on any atom is 0.319 e. The molecule has 0 saturated heterocycles. The number of amides is 1. The van der Waals surface area contributed by atoms with Gasteiger partial charge in [0, 0.05) is 17.9 Å². The number of imidazole rings is 1. The van der Waals surface area contributed by atoms with E-state index in [4.69, 9.17) is 0 Å².